The van der Waals surface area contributed by atoms with Crippen LogP contribution in [0.15, 0.2) is 24.3 Å². The van der Waals surface area contributed by atoms with E-state index in [0.29, 0.717) is 0 Å². The molecule has 0 unspecified atom stereocenters. The van der Waals surface area contributed by atoms with Crippen LogP contribution in [0.5, 0.6) is 0 Å². The second kappa shape index (κ2) is 2.84. The zero-order chi connectivity index (χ0) is 10.3. The molecule has 0 saturated carbocycles. The number of nitrogens with zero attached hydrogens (tertiary/aromatic N) is 1. The molecule has 1 heterocycles. The molecule has 0 saturated heterocycles. The first kappa shape index (κ1) is 9.25. The Morgan fingerprint density at radius 2 is 1.93 bits per heavy atom. The summed E-state index contributed by atoms with van der Waals surface area (Å²) in [5, 5.41) is 0. The van der Waals surface area contributed by atoms with Gasteiger partial charge in [0.15, 0.2) is 0 Å². The van der Waals surface area contributed by atoms with E-state index in [1.54, 1.807) is 0 Å². The van der Waals surface area contributed by atoms with Crippen molar-refractivity contribution in [1.82, 2.24) is 4.90 Å². The fourth-order valence-corrected chi connectivity index (χ4v) is 1.92. The van der Waals surface area contributed by atoms with Gasteiger partial charge in [0.25, 0.3) is 5.91 Å². The molecule has 74 valence electrons. The Hall–Kier alpha value is -1.31. The van der Waals surface area contributed by atoms with Crippen LogP contribution in [0.25, 0.3) is 0 Å². The van der Waals surface area contributed by atoms with Gasteiger partial charge in [0.1, 0.15) is 0 Å². The van der Waals surface area contributed by atoms with Crippen molar-refractivity contribution in [3.05, 3.63) is 35.4 Å². The summed E-state index contributed by atoms with van der Waals surface area (Å²) in [5.41, 5.74) is 1.96. The normalized spacial score (nSPS) is 19.4. The maximum atomic E-state index is 12.0. The number of rotatable bonds is 0. The Morgan fingerprint density at radius 1 is 1.29 bits per heavy atom. The smallest absolute Gasteiger partial charge is 0.254 e. The number of hydrogen-bond donors (Lipinski definition) is 0. The molecule has 1 aliphatic heterocycles. The van der Waals surface area contributed by atoms with Crippen LogP contribution in [0.2, 0.25) is 0 Å². The first-order valence-electron chi connectivity index (χ1n) is 4.88. The van der Waals surface area contributed by atoms with E-state index in [-0.39, 0.29) is 11.4 Å². The van der Waals surface area contributed by atoms with Crippen molar-refractivity contribution in [2.75, 3.05) is 7.05 Å². The Bertz CT molecular complexity index is 382. The van der Waals surface area contributed by atoms with Gasteiger partial charge in [0.05, 0.1) is 0 Å². The molecule has 2 nitrogen and oxygen atoms in total. The van der Waals surface area contributed by atoms with Gasteiger partial charge < -0.3 is 4.90 Å². The highest BCUT2D eigenvalue weighted by Crippen LogP contribution is 2.28. The summed E-state index contributed by atoms with van der Waals surface area (Å²) in [6, 6.07) is 7.86. The summed E-state index contributed by atoms with van der Waals surface area (Å²) in [6.45, 7) is 4.20. The Labute approximate surface area is 84.5 Å². The van der Waals surface area contributed by atoms with Gasteiger partial charge in [-0.2, -0.15) is 0 Å². The molecule has 0 radical (unpaired) electrons. The maximum Gasteiger partial charge on any atom is 0.254 e. The predicted octanol–water partition coefficient (Wildman–Crippen LogP) is 2.09. The van der Waals surface area contributed by atoms with Gasteiger partial charge in [-0.15, -0.1) is 0 Å². The van der Waals surface area contributed by atoms with E-state index in [9.17, 15) is 4.79 Å². The van der Waals surface area contributed by atoms with E-state index in [1.807, 2.05) is 36.2 Å². The Morgan fingerprint density at radius 3 is 2.64 bits per heavy atom. The first-order chi connectivity index (χ1) is 6.52. The van der Waals surface area contributed by atoms with Gasteiger partial charge in [0, 0.05) is 18.2 Å². The lowest BCUT2D eigenvalue weighted by Crippen LogP contribution is -2.50. The van der Waals surface area contributed by atoms with Crippen molar-refractivity contribution in [3.8, 4) is 0 Å². The number of carbonyl (C=O) groups is 1. The molecule has 0 spiro atoms. The lowest BCUT2D eigenvalue weighted by Gasteiger charge is -2.40. The van der Waals surface area contributed by atoms with Crippen LogP contribution in [0, 0.1) is 0 Å². The number of amides is 1. The molecule has 2 rings (SSSR count). The lowest BCUT2D eigenvalue weighted by molar-refractivity contribution is 0.0592. The number of likely N-dealkylation sites (N-methyl/N-ethyl adjacent to an activating group) is 1. The quantitative estimate of drug-likeness (QED) is 0.612. The standard InChI is InChI=1S/C12H15NO/c1-12(2)8-9-6-4-5-7-10(9)11(14)13(12)3/h4-7H,8H2,1-3H3. The molecule has 1 aromatic carbocycles. The number of hydrogen-bond acceptors (Lipinski definition) is 1. The molecule has 0 fully saturated rings. The molecule has 1 aromatic rings. The van der Waals surface area contributed by atoms with E-state index in [1.165, 1.54) is 5.56 Å². The number of carbonyl (C=O) groups excluding carboxylic acids is 1. The van der Waals surface area contributed by atoms with Gasteiger partial charge in [0.2, 0.25) is 0 Å². The summed E-state index contributed by atoms with van der Waals surface area (Å²) in [5.74, 6) is 0.136. The number of benzene rings is 1. The van der Waals surface area contributed by atoms with Crippen molar-refractivity contribution in [2.45, 2.75) is 25.8 Å². The highest BCUT2D eigenvalue weighted by atomic mass is 16.2. The monoisotopic (exact) mass is 189 g/mol. The van der Waals surface area contributed by atoms with Gasteiger partial charge in [-0.1, -0.05) is 18.2 Å². The summed E-state index contributed by atoms with van der Waals surface area (Å²) in [7, 11) is 1.87. The summed E-state index contributed by atoms with van der Waals surface area (Å²) >= 11 is 0. The molecule has 14 heavy (non-hydrogen) atoms. The first-order valence-corrected chi connectivity index (χ1v) is 4.88. The zero-order valence-electron chi connectivity index (χ0n) is 8.87. The van der Waals surface area contributed by atoms with E-state index in [4.69, 9.17) is 0 Å². The topological polar surface area (TPSA) is 20.3 Å². The molecule has 1 aliphatic rings. The van der Waals surface area contributed by atoms with E-state index in [0.717, 1.165) is 12.0 Å². The third kappa shape index (κ3) is 1.22. The van der Waals surface area contributed by atoms with Crippen molar-refractivity contribution in [3.63, 3.8) is 0 Å². The maximum absolute atomic E-state index is 12.0. The summed E-state index contributed by atoms with van der Waals surface area (Å²) in [6.07, 6.45) is 0.936. The highest BCUT2D eigenvalue weighted by molar-refractivity contribution is 5.97. The van der Waals surface area contributed by atoms with Crippen LogP contribution in [0.1, 0.15) is 29.8 Å². The lowest BCUT2D eigenvalue weighted by atomic mass is 9.86. The SMILES string of the molecule is CN1C(=O)c2ccccc2CC1(C)C. The molecule has 0 atom stereocenters. The van der Waals surface area contributed by atoms with Crippen LogP contribution in [0.4, 0.5) is 0 Å². The van der Waals surface area contributed by atoms with Crippen LogP contribution < -0.4 is 0 Å². The molecule has 0 aliphatic carbocycles. The molecule has 2 heteroatoms. The van der Waals surface area contributed by atoms with Crippen LogP contribution in [-0.2, 0) is 6.42 Å². The average molecular weight is 189 g/mol. The number of fused-ring (bicyclic) bond motifs is 1. The van der Waals surface area contributed by atoms with E-state index in [2.05, 4.69) is 13.8 Å². The second-order valence-electron chi connectivity index (χ2n) is 4.51. The second-order valence-corrected chi connectivity index (χ2v) is 4.51. The fourth-order valence-electron chi connectivity index (χ4n) is 1.92. The van der Waals surface area contributed by atoms with E-state index < -0.39 is 0 Å². The summed E-state index contributed by atoms with van der Waals surface area (Å²) in [4.78, 5) is 13.8. The minimum absolute atomic E-state index is 0.0641. The molecular formula is C12H15NO. The minimum atomic E-state index is -0.0641. The third-order valence-electron chi connectivity index (χ3n) is 3.08. The van der Waals surface area contributed by atoms with Crippen LogP contribution >= 0.6 is 0 Å². The van der Waals surface area contributed by atoms with Gasteiger partial charge in [-0.25, -0.2) is 0 Å². The largest absolute Gasteiger partial charge is 0.336 e. The van der Waals surface area contributed by atoms with Crippen molar-refractivity contribution in [2.24, 2.45) is 0 Å². The van der Waals surface area contributed by atoms with Crippen LogP contribution in [0.3, 0.4) is 0 Å². The molecule has 0 N–H and O–H groups in total. The zero-order valence-corrected chi connectivity index (χ0v) is 8.87. The minimum Gasteiger partial charge on any atom is -0.336 e. The van der Waals surface area contributed by atoms with Gasteiger partial charge in [-0.3, -0.25) is 4.79 Å². The van der Waals surface area contributed by atoms with E-state index >= 15 is 0 Å². The molecule has 1 amide bonds. The predicted molar refractivity (Wildman–Crippen MR) is 56.3 cm³/mol. The van der Waals surface area contributed by atoms with Gasteiger partial charge >= 0.3 is 0 Å². The molecule has 0 aromatic heterocycles. The average Bonchev–Trinajstić information content (AvgIpc) is 2.14. The van der Waals surface area contributed by atoms with Crippen molar-refractivity contribution >= 4 is 5.91 Å². The fraction of sp³-hybridized carbons (Fsp3) is 0.417. The van der Waals surface area contributed by atoms with Crippen LogP contribution in [-0.4, -0.2) is 23.4 Å². The Balaban J connectivity index is 2.54. The molecular weight excluding hydrogens is 174 g/mol. The summed E-state index contributed by atoms with van der Waals surface area (Å²) < 4.78 is 0. The third-order valence-corrected chi connectivity index (χ3v) is 3.08. The Kier molecular flexibility index (Phi) is 1.88. The highest BCUT2D eigenvalue weighted by Gasteiger charge is 2.34. The molecule has 0 bridgehead atoms. The van der Waals surface area contributed by atoms with Gasteiger partial charge in [-0.05, 0) is 31.9 Å². The van der Waals surface area contributed by atoms with Crippen molar-refractivity contribution < 1.29 is 4.79 Å². The van der Waals surface area contributed by atoms with Crippen molar-refractivity contribution in [1.29, 1.82) is 0 Å².